The number of nitrogens with zero attached hydrogens (tertiary/aromatic N) is 4. The summed E-state index contributed by atoms with van der Waals surface area (Å²) in [7, 11) is 0. The monoisotopic (exact) mass is 335 g/mol. The summed E-state index contributed by atoms with van der Waals surface area (Å²) in [6, 6.07) is 13.1. The van der Waals surface area contributed by atoms with E-state index >= 15 is 0 Å². The van der Waals surface area contributed by atoms with Crippen molar-refractivity contribution in [2.24, 2.45) is 0 Å². The molecule has 0 saturated carbocycles. The minimum atomic E-state index is -0.330. The third-order valence-electron chi connectivity index (χ3n) is 4.31. The number of aryl methyl sites for hydroxylation is 2. The molecule has 0 radical (unpaired) electrons. The molecule has 4 aromatic rings. The highest BCUT2D eigenvalue weighted by molar-refractivity contribution is 5.89. The lowest BCUT2D eigenvalue weighted by Gasteiger charge is -2.10. The van der Waals surface area contributed by atoms with Crippen molar-refractivity contribution in [2.45, 2.75) is 19.9 Å². The lowest BCUT2D eigenvalue weighted by Crippen LogP contribution is -2.09. The van der Waals surface area contributed by atoms with E-state index in [4.69, 9.17) is 0 Å². The van der Waals surface area contributed by atoms with Gasteiger partial charge >= 0.3 is 0 Å². The zero-order valence-electron chi connectivity index (χ0n) is 13.9. The molecule has 0 aliphatic heterocycles. The molecule has 0 bridgehead atoms. The van der Waals surface area contributed by atoms with E-state index in [2.05, 4.69) is 30.9 Å². The van der Waals surface area contributed by atoms with Crippen LogP contribution in [0, 0.1) is 12.7 Å². The molecule has 0 amide bonds. The number of hydrogen-bond acceptors (Lipinski definition) is 4. The fraction of sp³-hybridized carbons (Fsp3) is 0.211. The lowest BCUT2D eigenvalue weighted by atomic mass is 10.2. The van der Waals surface area contributed by atoms with Crippen LogP contribution in [0.5, 0.6) is 0 Å². The van der Waals surface area contributed by atoms with E-state index in [9.17, 15) is 4.39 Å². The Labute approximate surface area is 144 Å². The van der Waals surface area contributed by atoms with Crippen molar-refractivity contribution < 1.29 is 4.39 Å². The number of hydrogen-bond donors (Lipinski definition) is 1. The van der Waals surface area contributed by atoms with Crippen molar-refractivity contribution in [1.29, 1.82) is 0 Å². The van der Waals surface area contributed by atoms with E-state index < -0.39 is 0 Å². The van der Waals surface area contributed by atoms with E-state index in [1.54, 1.807) is 6.07 Å². The predicted octanol–water partition coefficient (Wildman–Crippen LogP) is 3.93. The topological polar surface area (TPSA) is 55.6 Å². The maximum absolute atomic E-state index is 13.8. The lowest BCUT2D eigenvalue weighted by molar-refractivity contribution is 0.636. The number of rotatable bonds is 5. The van der Waals surface area contributed by atoms with Gasteiger partial charge in [-0.05, 0) is 37.6 Å². The second kappa shape index (κ2) is 6.47. The molecular weight excluding hydrogens is 317 g/mol. The molecule has 126 valence electrons. The Morgan fingerprint density at radius 1 is 1.08 bits per heavy atom. The number of benzene rings is 2. The molecule has 2 aromatic heterocycles. The van der Waals surface area contributed by atoms with Gasteiger partial charge in [-0.1, -0.05) is 18.2 Å². The summed E-state index contributed by atoms with van der Waals surface area (Å²) >= 11 is 0. The summed E-state index contributed by atoms with van der Waals surface area (Å²) in [5.41, 5.74) is 2.51. The van der Waals surface area contributed by atoms with Crippen LogP contribution in [0.3, 0.4) is 0 Å². The zero-order chi connectivity index (χ0) is 17.2. The molecule has 0 unspecified atom stereocenters. The first-order chi connectivity index (χ1) is 12.2. The number of fused-ring (bicyclic) bond motifs is 2. The van der Waals surface area contributed by atoms with E-state index in [0.29, 0.717) is 16.7 Å². The standard InChI is InChI=1S/C19H18FN5/c1-13-24-16-8-2-3-9-17(16)25(13)11-5-10-21-19-14-6-4-7-15(20)18(14)22-12-23-19/h2-4,6-9,12H,5,10-11H2,1H3,(H,21,22,23). The number of imidazole rings is 1. The van der Waals surface area contributed by atoms with Gasteiger partial charge in [-0.15, -0.1) is 0 Å². The molecule has 0 spiro atoms. The van der Waals surface area contributed by atoms with Crippen LogP contribution < -0.4 is 5.32 Å². The molecule has 1 N–H and O–H groups in total. The van der Waals surface area contributed by atoms with Crippen molar-refractivity contribution >= 4 is 27.8 Å². The van der Waals surface area contributed by atoms with Gasteiger partial charge in [-0.3, -0.25) is 0 Å². The van der Waals surface area contributed by atoms with Gasteiger partial charge in [0.05, 0.1) is 11.0 Å². The van der Waals surface area contributed by atoms with Crippen molar-refractivity contribution in [3.8, 4) is 0 Å². The quantitative estimate of drug-likeness (QED) is 0.562. The fourth-order valence-corrected chi connectivity index (χ4v) is 3.11. The maximum atomic E-state index is 13.8. The van der Waals surface area contributed by atoms with Gasteiger partial charge in [0.25, 0.3) is 0 Å². The third kappa shape index (κ3) is 2.91. The van der Waals surface area contributed by atoms with Crippen LogP contribution in [0.4, 0.5) is 10.2 Å². The Morgan fingerprint density at radius 3 is 2.88 bits per heavy atom. The number of halogens is 1. The SMILES string of the molecule is Cc1nc2ccccc2n1CCCNc1ncnc2c(F)cccc12. The molecule has 5 nitrogen and oxygen atoms in total. The molecule has 0 saturated heterocycles. The van der Waals surface area contributed by atoms with Crippen molar-refractivity contribution in [2.75, 3.05) is 11.9 Å². The van der Waals surface area contributed by atoms with Gasteiger partial charge in [0.15, 0.2) is 0 Å². The molecule has 0 aliphatic carbocycles. The summed E-state index contributed by atoms with van der Waals surface area (Å²) in [6.07, 6.45) is 2.29. The summed E-state index contributed by atoms with van der Waals surface area (Å²) in [5.74, 6) is 1.34. The first-order valence-corrected chi connectivity index (χ1v) is 8.29. The van der Waals surface area contributed by atoms with Crippen molar-refractivity contribution in [3.63, 3.8) is 0 Å². The van der Waals surface area contributed by atoms with Gasteiger partial charge in [0.2, 0.25) is 0 Å². The Morgan fingerprint density at radius 2 is 1.96 bits per heavy atom. The summed E-state index contributed by atoms with van der Waals surface area (Å²) < 4.78 is 16.0. The van der Waals surface area contributed by atoms with Gasteiger partial charge in [0, 0.05) is 18.5 Å². The van der Waals surface area contributed by atoms with E-state index in [1.165, 1.54) is 12.4 Å². The molecule has 6 heteroatoms. The molecule has 25 heavy (non-hydrogen) atoms. The van der Waals surface area contributed by atoms with E-state index in [0.717, 1.165) is 36.4 Å². The number of nitrogens with one attached hydrogen (secondary N) is 1. The van der Waals surface area contributed by atoms with Gasteiger partial charge in [-0.25, -0.2) is 19.3 Å². The highest BCUT2D eigenvalue weighted by Gasteiger charge is 2.08. The molecule has 0 atom stereocenters. The average Bonchev–Trinajstić information content (AvgIpc) is 2.95. The van der Waals surface area contributed by atoms with Crippen molar-refractivity contribution in [1.82, 2.24) is 19.5 Å². The van der Waals surface area contributed by atoms with Crippen LogP contribution in [0.25, 0.3) is 21.9 Å². The molecular formula is C19H18FN5. The highest BCUT2D eigenvalue weighted by atomic mass is 19.1. The molecule has 4 rings (SSSR count). The van der Waals surface area contributed by atoms with Crippen LogP contribution >= 0.6 is 0 Å². The van der Waals surface area contributed by atoms with Gasteiger partial charge in [-0.2, -0.15) is 0 Å². The van der Waals surface area contributed by atoms with E-state index in [-0.39, 0.29) is 5.82 Å². The zero-order valence-corrected chi connectivity index (χ0v) is 13.9. The van der Waals surface area contributed by atoms with Crippen LogP contribution in [-0.2, 0) is 6.54 Å². The average molecular weight is 335 g/mol. The molecule has 0 fully saturated rings. The first kappa shape index (κ1) is 15.5. The minimum Gasteiger partial charge on any atom is -0.369 e. The normalized spacial score (nSPS) is 11.3. The number of para-hydroxylation sites is 3. The smallest absolute Gasteiger partial charge is 0.149 e. The molecule has 2 aromatic carbocycles. The van der Waals surface area contributed by atoms with Gasteiger partial charge < -0.3 is 9.88 Å². The molecule has 0 aliphatic rings. The highest BCUT2D eigenvalue weighted by Crippen LogP contribution is 2.21. The largest absolute Gasteiger partial charge is 0.369 e. The molecule has 2 heterocycles. The predicted molar refractivity (Wildman–Crippen MR) is 97.1 cm³/mol. The second-order valence-corrected chi connectivity index (χ2v) is 5.94. The Hall–Kier alpha value is -3.02. The Bertz CT molecular complexity index is 1040. The first-order valence-electron chi connectivity index (χ1n) is 8.29. The van der Waals surface area contributed by atoms with Crippen LogP contribution in [0.1, 0.15) is 12.2 Å². The fourth-order valence-electron chi connectivity index (χ4n) is 3.11. The van der Waals surface area contributed by atoms with E-state index in [1.807, 2.05) is 31.2 Å². The minimum absolute atomic E-state index is 0.330. The van der Waals surface area contributed by atoms with Crippen LogP contribution in [-0.4, -0.2) is 26.1 Å². The Kier molecular flexibility index (Phi) is 4.01. The van der Waals surface area contributed by atoms with Crippen LogP contribution in [0.15, 0.2) is 48.8 Å². The van der Waals surface area contributed by atoms with Gasteiger partial charge in [0.1, 0.15) is 29.3 Å². The van der Waals surface area contributed by atoms with Crippen molar-refractivity contribution in [3.05, 3.63) is 60.4 Å². The summed E-state index contributed by atoms with van der Waals surface area (Å²) in [4.78, 5) is 12.8. The number of aromatic nitrogens is 4. The maximum Gasteiger partial charge on any atom is 0.149 e. The third-order valence-corrected chi connectivity index (χ3v) is 4.31. The second-order valence-electron chi connectivity index (χ2n) is 5.94. The van der Waals surface area contributed by atoms with Crippen LogP contribution in [0.2, 0.25) is 0 Å². The summed E-state index contributed by atoms with van der Waals surface area (Å²) in [6.45, 7) is 3.61. The Balaban J connectivity index is 1.46. The summed E-state index contributed by atoms with van der Waals surface area (Å²) in [5, 5.41) is 3.99. The number of anilines is 1.